The summed E-state index contributed by atoms with van der Waals surface area (Å²) in [5.41, 5.74) is 0.454. The van der Waals surface area contributed by atoms with Crippen LogP contribution >= 0.6 is 0 Å². The normalized spacial score (nSPS) is 21.7. The second-order valence-corrected chi connectivity index (χ2v) is 8.53. The summed E-state index contributed by atoms with van der Waals surface area (Å²) in [5, 5.41) is 0. The number of urea groups is 1. The van der Waals surface area contributed by atoms with Crippen LogP contribution in [0, 0.1) is 5.41 Å². The van der Waals surface area contributed by atoms with E-state index in [-0.39, 0.29) is 24.3 Å². The molecule has 30 heavy (non-hydrogen) atoms. The molecule has 2 fully saturated rings. The number of amides is 4. The van der Waals surface area contributed by atoms with Gasteiger partial charge < -0.3 is 24.3 Å². The van der Waals surface area contributed by atoms with Crippen LogP contribution in [0.2, 0.25) is 0 Å². The molecule has 2 aliphatic rings. The monoisotopic (exact) mass is 416 g/mol. The van der Waals surface area contributed by atoms with Crippen molar-refractivity contribution in [2.24, 2.45) is 5.41 Å². The second-order valence-electron chi connectivity index (χ2n) is 8.53. The molecule has 4 amide bonds. The summed E-state index contributed by atoms with van der Waals surface area (Å²) >= 11 is 0. The summed E-state index contributed by atoms with van der Waals surface area (Å²) in [4.78, 5) is 45.4. The van der Waals surface area contributed by atoms with Gasteiger partial charge in [-0.2, -0.15) is 0 Å². The third-order valence-corrected chi connectivity index (χ3v) is 5.97. The highest BCUT2D eigenvalue weighted by Crippen LogP contribution is 2.35. The smallest absolute Gasteiger partial charge is 0.319 e. The molecule has 0 radical (unpaired) electrons. The fourth-order valence-electron chi connectivity index (χ4n) is 4.47. The summed E-state index contributed by atoms with van der Waals surface area (Å²) in [7, 11) is 5.06. The van der Waals surface area contributed by atoms with Crippen LogP contribution in [0.25, 0.3) is 0 Å². The number of benzene rings is 1. The van der Waals surface area contributed by atoms with Crippen LogP contribution in [0.4, 0.5) is 4.79 Å². The Labute approximate surface area is 178 Å². The summed E-state index contributed by atoms with van der Waals surface area (Å²) < 4.78 is 5.26. The molecule has 0 bridgehead atoms. The van der Waals surface area contributed by atoms with E-state index < -0.39 is 5.41 Å². The molecule has 1 spiro atoms. The molecule has 0 N–H and O–H groups in total. The number of nitrogens with zero attached hydrogens (tertiary/aromatic N) is 4. The van der Waals surface area contributed by atoms with Gasteiger partial charge in [0.1, 0.15) is 5.75 Å². The van der Waals surface area contributed by atoms with Gasteiger partial charge in [0.05, 0.1) is 13.5 Å². The van der Waals surface area contributed by atoms with Gasteiger partial charge in [-0.15, -0.1) is 0 Å². The number of ether oxygens (including phenoxy) is 1. The summed E-state index contributed by atoms with van der Waals surface area (Å²) in [6.45, 7) is 5.06. The van der Waals surface area contributed by atoms with Crippen LogP contribution in [-0.4, -0.2) is 97.9 Å². The maximum absolute atomic E-state index is 13.2. The zero-order valence-corrected chi connectivity index (χ0v) is 18.4. The number of hydrogen-bond acceptors (Lipinski definition) is 4. The Morgan fingerprint density at radius 3 is 2.47 bits per heavy atom. The Kier molecular flexibility index (Phi) is 6.53. The average molecular weight is 417 g/mol. The highest BCUT2D eigenvalue weighted by atomic mass is 16.5. The zero-order valence-electron chi connectivity index (χ0n) is 18.4. The molecule has 2 aliphatic heterocycles. The second kappa shape index (κ2) is 8.93. The van der Waals surface area contributed by atoms with E-state index in [1.165, 1.54) is 0 Å². The number of likely N-dealkylation sites (tertiary alicyclic amines) is 1. The third kappa shape index (κ3) is 4.68. The molecule has 0 aliphatic carbocycles. The van der Waals surface area contributed by atoms with Crippen molar-refractivity contribution in [2.75, 3.05) is 60.5 Å². The SMILES string of the molecule is CCN1C[C@@]2(CC1=O)CN(C(=O)Cc1cccc(OC)c1)CCN(C(=O)N(C)C)C2. The first-order chi connectivity index (χ1) is 14.3. The first-order valence-electron chi connectivity index (χ1n) is 10.4. The van der Waals surface area contributed by atoms with Gasteiger partial charge in [0, 0.05) is 65.2 Å². The van der Waals surface area contributed by atoms with E-state index in [0.29, 0.717) is 45.7 Å². The number of carbonyl (C=O) groups is 3. The Bertz CT molecular complexity index is 812. The summed E-state index contributed by atoms with van der Waals surface area (Å²) in [6.07, 6.45) is 0.626. The van der Waals surface area contributed by atoms with Crippen molar-refractivity contribution in [3.8, 4) is 5.75 Å². The van der Waals surface area contributed by atoms with Crippen molar-refractivity contribution in [1.29, 1.82) is 0 Å². The minimum Gasteiger partial charge on any atom is -0.497 e. The van der Waals surface area contributed by atoms with Crippen molar-refractivity contribution < 1.29 is 19.1 Å². The largest absolute Gasteiger partial charge is 0.497 e. The third-order valence-electron chi connectivity index (χ3n) is 5.97. The zero-order chi connectivity index (χ0) is 21.9. The van der Waals surface area contributed by atoms with Crippen molar-refractivity contribution >= 4 is 17.8 Å². The molecule has 0 unspecified atom stereocenters. The van der Waals surface area contributed by atoms with Crippen molar-refractivity contribution in [3.05, 3.63) is 29.8 Å². The number of carbonyl (C=O) groups excluding carboxylic acids is 3. The van der Waals surface area contributed by atoms with E-state index >= 15 is 0 Å². The van der Waals surface area contributed by atoms with Crippen LogP contribution in [0.3, 0.4) is 0 Å². The van der Waals surface area contributed by atoms with E-state index in [4.69, 9.17) is 4.74 Å². The Balaban J connectivity index is 1.82. The van der Waals surface area contributed by atoms with Crippen molar-refractivity contribution in [3.63, 3.8) is 0 Å². The molecule has 164 valence electrons. The standard InChI is InChI=1S/C22H32N4O4/c1-5-24-14-22(13-20(24)28)15-25(9-10-26(16-22)21(29)23(2)3)19(27)12-17-7-6-8-18(11-17)30-4/h6-8,11H,5,9-10,12-16H2,1-4H3/t22-/m0/s1. The molecule has 8 nitrogen and oxygen atoms in total. The lowest BCUT2D eigenvalue weighted by molar-refractivity contribution is -0.132. The molecule has 2 heterocycles. The maximum Gasteiger partial charge on any atom is 0.319 e. The molecule has 2 saturated heterocycles. The van der Waals surface area contributed by atoms with Gasteiger partial charge in [-0.25, -0.2) is 4.79 Å². The predicted octanol–water partition coefficient (Wildman–Crippen LogP) is 1.30. The number of methoxy groups -OCH3 is 1. The fourth-order valence-corrected chi connectivity index (χ4v) is 4.47. The van der Waals surface area contributed by atoms with E-state index in [1.54, 1.807) is 31.0 Å². The fraction of sp³-hybridized carbons (Fsp3) is 0.591. The molecule has 1 atom stereocenters. The van der Waals surface area contributed by atoms with Crippen LogP contribution < -0.4 is 4.74 Å². The minimum absolute atomic E-state index is 0.00387. The van der Waals surface area contributed by atoms with Gasteiger partial charge in [0.25, 0.3) is 0 Å². The molecule has 0 saturated carbocycles. The lowest BCUT2D eigenvalue weighted by Crippen LogP contribution is -2.47. The minimum atomic E-state index is -0.431. The number of rotatable bonds is 4. The highest BCUT2D eigenvalue weighted by molar-refractivity contribution is 5.82. The van der Waals surface area contributed by atoms with Crippen LogP contribution in [0.15, 0.2) is 24.3 Å². The molecule has 1 aromatic rings. The predicted molar refractivity (Wildman–Crippen MR) is 113 cm³/mol. The van der Waals surface area contributed by atoms with E-state index in [0.717, 1.165) is 11.3 Å². The first-order valence-corrected chi connectivity index (χ1v) is 10.4. The van der Waals surface area contributed by atoms with Crippen LogP contribution in [-0.2, 0) is 16.0 Å². The van der Waals surface area contributed by atoms with E-state index in [2.05, 4.69) is 0 Å². The van der Waals surface area contributed by atoms with Gasteiger partial charge in [-0.05, 0) is 24.6 Å². The topological polar surface area (TPSA) is 73.4 Å². The number of hydrogen-bond donors (Lipinski definition) is 0. The maximum atomic E-state index is 13.2. The van der Waals surface area contributed by atoms with Crippen LogP contribution in [0.1, 0.15) is 18.9 Å². The van der Waals surface area contributed by atoms with Crippen LogP contribution in [0.5, 0.6) is 5.75 Å². The lowest BCUT2D eigenvalue weighted by Gasteiger charge is -2.34. The van der Waals surface area contributed by atoms with Gasteiger partial charge in [0.2, 0.25) is 11.8 Å². The first kappa shape index (κ1) is 21.9. The average Bonchev–Trinajstić information content (AvgIpc) is 2.91. The highest BCUT2D eigenvalue weighted by Gasteiger charge is 2.47. The molecular formula is C22H32N4O4. The quantitative estimate of drug-likeness (QED) is 0.742. The molecule has 0 aromatic heterocycles. The van der Waals surface area contributed by atoms with Gasteiger partial charge in [-0.3, -0.25) is 9.59 Å². The van der Waals surface area contributed by atoms with E-state index in [1.807, 2.05) is 41.0 Å². The van der Waals surface area contributed by atoms with Gasteiger partial charge >= 0.3 is 6.03 Å². The summed E-state index contributed by atoms with van der Waals surface area (Å²) in [5.74, 6) is 0.816. The molecular weight excluding hydrogens is 384 g/mol. The molecule has 8 heteroatoms. The Morgan fingerprint density at radius 2 is 1.83 bits per heavy atom. The van der Waals surface area contributed by atoms with Gasteiger partial charge in [0.15, 0.2) is 0 Å². The van der Waals surface area contributed by atoms with Gasteiger partial charge in [-0.1, -0.05) is 12.1 Å². The van der Waals surface area contributed by atoms with Crippen molar-refractivity contribution in [2.45, 2.75) is 19.8 Å². The Hall–Kier alpha value is -2.77. The lowest BCUT2D eigenvalue weighted by atomic mass is 9.85. The van der Waals surface area contributed by atoms with E-state index in [9.17, 15) is 14.4 Å². The Morgan fingerprint density at radius 1 is 1.13 bits per heavy atom. The summed E-state index contributed by atoms with van der Waals surface area (Å²) in [6, 6.07) is 7.42. The van der Waals surface area contributed by atoms with Crippen molar-refractivity contribution in [1.82, 2.24) is 19.6 Å². The molecule has 1 aromatic carbocycles. The molecule has 3 rings (SSSR count).